The Morgan fingerprint density at radius 3 is 2.85 bits per heavy atom. The molecule has 0 bridgehead atoms. The zero-order chi connectivity index (χ0) is 9.52. The molecule has 0 aromatic rings. The standard InChI is InChI=1S/C11H21ClO/c1-2-3-4-5-7-10-8-6-9-13-11(10)12/h10-11H,2-9H2,1H3. The highest BCUT2D eigenvalue weighted by Gasteiger charge is 2.22. The van der Waals surface area contributed by atoms with Crippen molar-refractivity contribution in [2.24, 2.45) is 5.92 Å². The molecule has 0 aromatic carbocycles. The minimum absolute atomic E-state index is 0.00428. The molecule has 1 aliphatic heterocycles. The first kappa shape index (κ1) is 11.3. The van der Waals surface area contributed by atoms with Crippen molar-refractivity contribution in [1.29, 1.82) is 0 Å². The largest absolute Gasteiger partial charge is 0.362 e. The molecule has 2 heteroatoms. The van der Waals surface area contributed by atoms with Gasteiger partial charge in [-0.2, -0.15) is 0 Å². The summed E-state index contributed by atoms with van der Waals surface area (Å²) < 4.78 is 5.41. The van der Waals surface area contributed by atoms with Crippen LogP contribution >= 0.6 is 11.6 Å². The first-order chi connectivity index (χ1) is 6.34. The molecule has 1 saturated heterocycles. The molecule has 1 aliphatic rings. The number of alkyl halides is 1. The van der Waals surface area contributed by atoms with Crippen LogP contribution < -0.4 is 0 Å². The minimum atomic E-state index is -0.00428. The average Bonchev–Trinajstić information content (AvgIpc) is 2.15. The van der Waals surface area contributed by atoms with E-state index in [2.05, 4.69) is 6.92 Å². The Morgan fingerprint density at radius 1 is 1.31 bits per heavy atom. The maximum absolute atomic E-state index is 6.07. The molecule has 0 amide bonds. The van der Waals surface area contributed by atoms with Crippen molar-refractivity contribution in [3.05, 3.63) is 0 Å². The molecule has 0 N–H and O–H groups in total. The van der Waals surface area contributed by atoms with Crippen LogP contribution in [0.5, 0.6) is 0 Å². The summed E-state index contributed by atoms with van der Waals surface area (Å²) >= 11 is 6.07. The Bertz CT molecular complexity index is 127. The molecule has 1 rings (SSSR count). The zero-order valence-electron chi connectivity index (χ0n) is 8.60. The van der Waals surface area contributed by atoms with Crippen LogP contribution in [0.2, 0.25) is 0 Å². The summed E-state index contributed by atoms with van der Waals surface area (Å²) in [5, 5.41) is 0. The van der Waals surface area contributed by atoms with Gasteiger partial charge in [0.1, 0.15) is 5.56 Å². The number of hydrogen-bond acceptors (Lipinski definition) is 1. The van der Waals surface area contributed by atoms with E-state index in [1.54, 1.807) is 0 Å². The summed E-state index contributed by atoms with van der Waals surface area (Å²) in [4.78, 5) is 0. The molecule has 0 saturated carbocycles. The molecule has 2 unspecified atom stereocenters. The van der Waals surface area contributed by atoms with Gasteiger partial charge in [0.25, 0.3) is 0 Å². The fourth-order valence-corrected chi connectivity index (χ4v) is 2.26. The topological polar surface area (TPSA) is 9.23 Å². The Kier molecular flexibility index (Phi) is 5.81. The molecule has 78 valence electrons. The van der Waals surface area contributed by atoms with Crippen molar-refractivity contribution in [3.63, 3.8) is 0 Å². The zero-order valence-corrected chi connectivity index (χ0v) is 9.35. The van der Waals surface area contributed by atoms with Gasteiger partial charge in [-0.3, -0.25) is 0 Å². The maximum atomic E-state index is 6.07. The summed E-state index contributed by atoms with van der Waals surface area (Å²) in [7, 11) is 0. The van der Waals surface area contributed by atoms with Gasteiger partial charge in [-0.25, -0.2) is 0 Å². The van der Waals surface area contributed by atoms with E-state index in [9.17, 15) is 0 Å². The number of ether oxygens (including phenoxy) is 1. The first-order valence-corrected chi connectivity index (χ1v) is 6.04. The number of rotatable bonds is 5. The highest BCUT2D eigenvalue weighted by molar-refractivity contribution is 6.19. The van der Waals surface area contributed by atoms with Crippen LogP contribution in [-0.4, -0.2) is 12.2 Å². The van der Waals surface area contributed by atoms with Gasteiger partial charge in [-0.15, -0.1) is 0 Å². The summed E-state index contributed by atoms with van der Waals surface area (Å²) in [5.41, 5.74) is -0.00428. The summed E-state index contributed by atoms with van der Waals surface area (Å²) in [6, 6.07) is 0. The van der Waals surface area contributed by atoms with Crippen LogP contribution in [0, 0.1) is 5.92 Å². The third kappa shape index (κ3) is 4.33. The van der Waals surface area contributed by atoms with Crippen molar-refractivity contribution in [1.82, 2.24) is 0 Å². The normalized spacial score (nSPS) is 29.1. The lowest BCUT2D eigenvalue weighted by molar-refractivity contribution is 0.0213. The Morgan fingerprint density at radius 2 is 2.15 bits per heavy atom. The van der Waals surface area contributed by atoms with Gasteiger partial charge in [0.05, 0.1) is 0 Å². The number of hydrogen-bond donors (Lipinski definition) is 0. The molecule has 1 nitrogen and oxygen atoms in total. The van der Waals surface area contributed by atoms with E-state index in [1.165, 1.54) is 44.9 Å². The first-order valence-electron chi connectivity index (χ1n) is 5.60. The Balaban J connectivity index is 2.05. The lowest BCUT2D eigenvalue weighted by Gasteiger charge is -2.27. The molecule has 0 spiro atoms. The van der Waals surface area contributed by atoms with Gasteiger partial charge >= 0.3 is 0 Å². The van der Waals surface area contributed by atoms with E-state index < -0.39 is 0 Å². The van der Waals surface area contributed by atoms with Crippen LogP contribution in [0.4, 0.5) is 0 Å². The third-order valence-electron chi connectivity index (χ3n) is 2.80. The van der Waals surface area contributed by atoms with Crippen LogP contribution in [-0.2, 0) is 4.74 Å². The van der Waals surface area contributed by atoms with Crippen LogP contribution in [0.3, 0.4) is 0 Å². The SMILES string of the molecule is CCCCCCC1CCCOC1Cl. The van der Waals surface area contributed by atoms with E-state index >= 15 is 0 Å². The van der Waals surface area contributed by atoms with Crippen molar-refractivity contribution < 1.29 is 4.74 Å². The second-order valence-electron chi connectivity index (χ2n) is 3.97. The monoisotopic (exact) mass is 204 g/mol. The predicted octanol–water partition coefficient (Wildman–Crippen LogP) is 3.95. The molecule has 13 heavy (non-hydrogen) atoms. The predicted molar refractivity (Wildman–Crippen MR) is 57.1 cm³/mol. The fraction of sp³-hybridized carbons (Fsp3) is 1.00. The second-order valence-corrected chi connectivity index (χ2v) is 4.40. The number of unbranched alkanes of at least 4 members (excludes halogenated alkanes) is 3. The Hall–Kier alpha value is 0.250. The maximum Gasteiger partial charge on any atom is 0.133 e. The quantitative estimate of drug-likeness (QED) is 0.487. The molecular weight excluding hydrogens is 184 g/mol. The molecule has 1 fully saturated rings. The van der Waals surface area contributed by atoms with E-state index in [0.717, 1.165) is 6.61 Å². The van der Waals surface area contributed by atoms with Crippen LogP contribution in [0.25, 0.3) is 0 Å². The molecule has 0 aromatic heterocycles. The van der Waals surface area contributed by atoms with Crippen molar-refractivity contribution in [2.75, 3.05) is 6.61 Å². The number of halogens is 1. The fourth-order valence-electron chi connectivity index (χ4n) is 1.92. The molecule has 0 radical (unpaired) electrons. The van der Waals surface area contributed by atoms with Gasteiger partial charge < -0.3 is 4.74 Å². The van der Waals surface area contributed by atoms with Crippen molar-refractivity contribution >= 4 is 11.6 Å². The van der Waals surface area contributed by atoms with Crippen LogP contribution in [0.15, 0.2) is 0 Å². The minimum Gasteiger partial charge on any atom is -0.362 e. The van der Waals surface area contributed by atoms with Gasteiger partial charge in [-0.05, 0) is 25.2 Å². The van der Waals surface area contributed by atoms with Gasteiger partial charge in [-0.1, -0.05) is 44.2 Å². The lowest BCUT2D eigenvalue weighted by atomic mass is 9.95. The van der Waals surface area contributed by atoms with Crippen LogP contribution in [0.1, 0.15) is 51.9 Å². The lowest BCUT2D eigenvalue weighted by Crippen LogP contribution is -2.24. The van der Waals surface area contributed by atoms with Gasteiger partial charge in [0, 0.05) is 6.61 Å². The molecule has 0 aliphatic carbocycles. The van der Waals surface area contributed by atoms with Gasteiger partial charge in [0.15, 0.2) is 0 Å². The summed E-state index contributed by atoms with van der Waals surface area (Å²) in [6.07, 6.45) is 9.07. The van der Waals surface area contributed by atoms with E-state index in [4.69, 9.17) is 16.3 Å². The second kappa shape index (κ2) is 6.67. The van der Waals surface area contributed by atoms with E-state index in [-0.39, 0.29) is 5.56 Å². The van der Waals surface area contributed by atoms with E-state index in [1.807, 2.05) is 0 Å². The highest BCUT2D eigenvalue weighted by Crippen LogP contribution is 2.28. The van der Waals surface area contributed by atoms with Crippen molar-refractivity contribution in [3.8, 4) is 0 Å². The van der Waals surface area contributed by atoms with Gasteiger partial charge in [0.2, 0.25) is 0 Å². The summed E-state index contributed by atoms with van der Waals surface area (Å²) in [5.74, 6) is 0.618. The smallest absolute Gasteiger partial charge is 0.133 e. The van der Waals surface area contributed by atoms with Crippen molar-refractivity contribution in [2.45, 2.75) is 57.4 Å². The third-order valence-corrected chi connectivity index (χ3v) is 3.28. The molecule has 1 heterocycles. The summed E-state index contributed by atoms with van der Waals surface area (Å²) in [6.45, 7) is 3.10. The average molecular weight is 205 g/mol. The molecule has 2 atom stereocenters. The van der Waals surface area contributed by atoms with E-state index in [0.29, 0.717) is 5.92 Å². The highest BCUT2D eigenvalue weighted by atomic mass is 35.5. The molecular formula is C11H21ClO. The Labute approximate surface area is 86.8 Å².